The van der Waals surface area contributed by atoms with E-state index in [4.69, 9.17) is 5.73 Å². The predicted octanol–water partition coefficient (Wildman–Crippen LogP) is 0.717. The SMILES string of the molecule is NCCC1(C2=C(C(=O)O)N3C(=O)C[C@H]3S2)CC1. The molecule has 2 fully saturated rings. The van der Waals surface area contributed by atoms with Gasteiger partial charge in [0.15, 0.2) is 0 Å². The molecule has 1 saturated heterocycles. The number of nitrogens with zero attached hydrogens (tertiary/aromatic N) is 1. The second-order valence-corrected chi connectivity index (χ2v) is 6.03. The standard InChI is InChI=1S/C11H14N2O3S/c12-4-3-11(1-2-11)9-8(10(15)16)13-6(14)5-7(13)17-9/h7H,1-5,12H2,(H,15,16)/t7-/m1/s1. The molecule has 1 amide bonds. The maximum absolute atomic E-state index is 11.5. The highest BCUT2D eigenvalue weighted by Crippen LogP contribution is 2.64. The molecule has 2 heterocycles. The number of carboxylic acid groups (broad SMARTS) is 1. The summed E-state index contributed by atoms with van der Waals surface area (Å²) in [7, 11) is 0. The van der Waals surface area contributed by atoms with Crippen LogP contribution >= 0.6 is 11.8 Å². The van der Waals surface area contributed by atoms with Gasteiger partial charge in [0.2, 0.25) is 5.91 Å². The van der Waals surface area contributed by atoms with E-state index in [2.05, 4.69) is 0 Å². The Balaban J connectivity index is 1.98. The zero-order chi connectivity index (χ0) is 12.2. The summed E-state index contributed by atoms with van der Waals surface area (Å²) in [4.78, 5) is 25.1. The molecule has 2 aliphatic heterocycles. The smallest absolute Gasteiger partial charge is 0.353 e. The molecule has 1 atom stereocenters. The van der Waals surface area contributed by atoms with Gasteiger partial charge in [-0.15, -0.1) is 11.8 Å². The van der Waals surface area contributed by atoms with Crippen LogP contribution in [0.25, 0.3) is 0 Å². The fourth-order valence-electron chi connectivity index (χ4n) is 2.65. The molecule has 0 aromatic heterocycles. The first-order valence-electron chi connectivity index (χ1n) is 5.76. The van der Waals surface area contributed by atoms with Crippen molar-refractivity contribution < 1.29 is 14.7 Å². The number of nitrogens with two attached hydrogens (primary N) is 1. The van der Waals surface area contributed by atoms with Crippen LogP contribution in [0.4, 0.5) is 0 Å². The summed E-state index contributed by atoms with van der Waals surface area (Å²) in [6.07, 6.45) is 3.28. The molecule has 1 aliphatic carbocycles. The van der Waals surface area contributed by atoms with Crippen molar-refractivity contribution in [1.82, 2.24) is 4.90 Å². The topological polar surface area (TPSA) is 83.6 Å². The number of allylic oxidation sites excluding steroid dienone is 1. The van der Waals surface area contributed by atoms with Gasteiger partial charge in [-0.1, -0.05) is 0 Å². The summed E-state index contributed by atoms with van der Waals surface area (Å²) in [5.74, 6) is -1.05. The minimum absolute atomic E-state index is 0.0267. The van der Waals surface area contributed by atoms with Crippen LogP contribution < -0.4 is 5.73 Å². The van der Waals surface area contributed by atoms with Crippen molar-refractivity contribution in [1.29, 1.82) is 0 Å². The molecule has 17 heavy (non-hydrogen) atoms. The van der Waals surface area contributed by atoms with E-state index in [-0.39, 0.29) is 22.4 Å². The van der Waals surface area contributed by atoms with Gasteiger partial charge in [-0.05, 0) is 25.8 Å². The number of hydrogen-bond acceptors (Lipinski definition) is 4. The van der Waals surface area contributed by atoms with E-state index in [9.17, 15) is 14.7 Å². The zero-order valence-corrected chi connectivity index (χ0v) is 10.1. The normalized spacial score (nSPS) is 29.1. The third kappa shape index (κ3) is 1.43. The molecule has 5 nitrogen and oxygen atoms in total. The van der Waals surface area contributed by atoms with Crippen molar-refractivity contribution in [2.75, 3.05) is 6.54 Å². The van der Waals surface area contributed by atoms with Gasteiger partial charge in [-0.25, -0.2) is 4.79 Å². The third-order valence-electron chi connectivity index (χ3n) is 3.78. The second kappa shape index (κ2) is 3.49. The van der Waals surface area contributed by atoms with E-state index in [1.165, 1.54) is 4.90 Å². The van der Waals surface area contributed by atoms with E-state index in [0.717, 1.165) is 24.2 Å². The van der Waals surface area contributed by atoms with Crippen molar-refractivity contribution in [3.63, 3.8) is 0 Å². The van der Waals surface area contributed by atoms with E-state index in [1.54, 1.807) is 11.8 Å². The Labute approximate surface area is 103 Å². The molecule has 0 bridgehead atoms. The van der Waals surface area contributed by atoms with Crippen molar-refractivity contribution in [3.8, 4) is 0 Å². The number of rotatable bonds is 4. The molecule has 1 saturated carbocycles. The molecular formula is C11H14N2O3S. The number of carbonyl (C=O) groups is 2. The van der Waals surface area contributed by atoms with E-state index in [0.29, 0.717) is 13.0 Å². The fraction of sp³-hybridized carbons (Fsp3) is 0.636. The second-order valence-electron chi connectivity index (χ2n) is 4.84. The van der Waals surface area contributed by atoms with Gasteiger partial charge in [0.1, 0.15) is 5.70 Å². The lowest BCUT2D eigenvalue weighted by molar-refractivity contribution is -0.145. The van der Waals surface area contributed by atoms with Crippen LogP contribution in [0, 0.1) is 5.41 Å². The number of thioether (sulfide) groups is 1. The van der Waals surface area contributed by atoms with Crippen LogP contribution in [-0.2, 0) is 9.59 Å². The van der Waals surface area contributed by atoms with Crippen molar-refractivity contribution in [2.45, 2.75) is 31.1 Å². The molecule has 3 rings (SSSR count). The molecule has 0 aromatic carbocycles. The van der Waals surface area contributed by atoms with Crippen LogP contribution in [-0.4, -0.2) is 33.8 Å². The summed E-state index contributed by atoms with van der Waals surface area (Å²) in [6.45, 7) is 0.565. The Bertz CT molecular complexity index is 442. The molecular weight excluding hydrogens is 240 g/mol. The Kier molecular flexibility index (Phi) is 2.28. The van der Waals surface area contributed by atoms with Crippen molar-refractivity contribution in [2.24, 2.45) is 11.1 Å². The lowest BCUT2D eigenvalue weighted by Gasteiger charge is -2.33. The van der Waals surface area contributed by atoms with Gasteiger partial charge in [0.05, 0.1) is 11.8 Å². The predicted molar refractivity (Wildman–Crippen MR) is 62.8 cm³/mol. The first kappa shape index (κ1) is 11.1. The summed E-state index contributed by atoms with van der Waals surface area (Å²) in [5, 5.41) is 9.31. The first-order chi connectivity index (χ1) is 8.09. The molecule has 0 radical (unpaired) electrons. The summed E-state index contributed by atoms with van der Waals surface area (Å²) < 4.78 is 0. The van der Waals surface area contributed by atoms with Gasteiger partial charge < -0.3 is 10.8 Å². The highest BCUT2D eigenvalue weighted by molar-refractivity contribution is 8.04. The van der Waals surface area contributed by atoms with E-state index < -0.39 is 5.97 Å². The molecule has 92 valence electrons. The fourth-order valence-corrected chi connectivity index (χ4v) is 4.33. The first-order valence-corrected chi connectivity index (χ1v) is 6.64. The number of aliphatic carboxylic acids is 1. The van der Waals surface area contributed by atoms with Gasteiger partial charge in [0.25, 0.3) is 0 Å². The number of carboxylic acids is 1. The van der Waals surface area contributed by atoms with Crippen molar-refractivity contribution >= 4 is 23.6 Å². The maximum atomic E-state index is 11.5. The van der Waals surface area contributed by atoms with Crippen LogP contribution in [0.2, 0.25) is 0 Å². The highest BCUT2D eigenvalue weighted by atomic mass is 32.2. The number of amides is 1. The molecule has 3 N–H and O–H groups in total. The largest absolute Gasteiger partial charge is 0.477 e. The van der Waals surface area contributed by atoms with Gasteiger partial charge in [-0.2, -0.15) is 0 Å². The highest BCUT2D eigenvalue weighted by Gasteiger charge is 2.57. The summed E-state index contributed by atoms with van der Waals surface area (Å²) >= 11 is 1.56. The quantitative estimate of drug-likeness (QED) is 0.722. The number of β-lactam (4-membered cyclic amide) rings is 1. The van der Waals surface area contributed by atoms with Crippen molar-refractivity contribution in [3.05, 3.63) is 10.6 Å². The van der Waals surface area contributed by atoms with Gasteiger partial charge in [0, 0.05) is 10.3 Å². The number of fused-ring (bicyclic) bond motifs is 1. The Morgan fingerprint density at radius 3 is 2.76 bits per heavy atom. The molecule has 3 aliphatic rings. The minimum Gasteiger partial charge on any atom is -0.477 e. The average Bonchev–Trinajstić information content (AvgIpc) is 2.95. The Hall–Kier alpha value is -1.01. The lowest BCUT2D eigenvalue weighted by Crippen LogP contribution is -2.48. The van der Waals surface area contributed by atoms with Gasteiger partial charge in [-0.3, -0.25) is 9.69 Å². The number of carbonyl (C=O) groups excluding carboxylic acids is 1. The molecule has 6 heteroatoms. The summed E-state index contributed by atoms with van der Waals surface area (Å²) in [6, 6.07) is 0. The molecule has 0 spiro atoms. The maximum Gasteiger partial charge on any atom is 0.353 e. The third-order valence-corrected chi connectivity index (χ3v) is 5.29. The van der Waals surface area contributed by atoms with Crippen LogP contribution in [0.5, 0.6) is 0 Å². The molecule has 0 aromatic rings. The van der Waals surface area contributed by atoms with Crippen LogP contribution in [0.1, 0.15) is 25.7 Å². The number of hydrogen-bond donors (Lipinski definition) is 2. The molecule has 0 unspecified atom stereocenters. The van der Waals surface area contributed by atoms with Crippen LogP contribution in [0.3, 0.4) is 0 Å². The lowest BCUT2D eigenvalue weighted by atomic mass is 9.99. The van der Waals surface area contributed by atoms with E-state index in [1.807, 2.05) is 0 Å². The average molecular weight is 254 g/mol. The monoisotopic (exact) mass is 254 g/mol. The van der Waals surface area contributed by atoms with Gasteiger partial charge >= 0.3 is 5.97 Å². The Morgan fingerprint density at radius 2 is 2.29 bits per heavy atom. The van der Waals surface area contributed by atoms with Crippen LogP contribution in [0.15, 0.2) is 10.6 Å². The Morgan fingerprint density at radius 1 is 1.59 bits per heavy atom. The minimum atomic E-state index is -0.980. The zero-order valence-electron chi connectivity index (χ0n) is 9.31. The summed E-state index contributed by atoms with van der Waals surface area (Å²) in [5.41, 5.74) is 5.78. The van der Waals surface area contributed by atoms with E-state index >= 15 is 0 Å².